The minimum Gasteiger partial charge on any atom is -0.379 e. The van der Waals surface area contributed by atoms with Crippen molar-refractivity contribution in [1.82, 2.24) is 0 Å². The van der Waals surface area contributed by atoms with Crippen molar-refractivity contribution in [3.05, 3.63) is 0 Å². The first kappa shape index (κ1) is 20.4. The minimum atomic E-state index is 0.474. The lowest BCUT2D eigenvalue weighted by Gasteiger charge is -2.11. The van der Waals surface area contributed by atoms with Crippen molar-refractivity contribution in [2.75, 3.05) is 6.61 Å². The van der Waals surface area contributed by atoms with Gasteiger partial charge in [0, 0.05) is 6.61 Å². The molecular weight excluding hydrogens is 184 g/mol. The molecule has 0 N–H and O–H groups in total. The Morgan fingerprint density at radius 2 is 1.33 bits per heavy atom. The summed E-state index contributed by atoms with van der Waals surface area (Å²) in [5.41, 5.74) is 0. The van der Waals surface area contributed by atoms with Crippen molar-refractivity contribution < 1.29 is 4.74 Å². The largest absolute Gasteiger partial charge is 0.379 e. The first-order valence-electron chi connectivity index (χ1n) is 6.92. The molecule has 0 saturated heterocycles. The van der Waals surface area contributed by atoms with Gasteiger partial charge in [0.15, 0.2) is 0 Å². The van der Waals surface area contributed by atoms with E-state index in [0.29, 0.717) is 6.10 Å². The zero-order chi connectivity index (χ0) is 12.5. The normalized spacial score (nSPS) is 10.6. The topological polar surface area (TPSA) is 9.23 Å². The Morgan fingerprint density at radius 1 is 0.867 bits per heavy atom. The highest BCUT2D eigenvalue weighted by atomic mass is 16.5. The van der Waals surface area contributed by atoms with E-state index in [-0.39, 0.29) is 0 Å². The zero-order valence-electron chi connectivity index (χ0n) is 12.2. The fourth-order valence-corrected chi connectivity index (χ4v) is 1.00. The molecule has 15 heavy (non-hydrogen) atoms. The molecule has 1 nitrogen and oxygen atoms in total. The molecule has 0 aliphatic rings. The lowest BCUT2D eigenvalue weighted by molar-refractivity contribution is 0.0569. The first-order chi connectivity index (χ1) is 7.31. The molecule has 0 heterocycles. The second kappa shape index (κ2) is 23.6. The molecule has 0 aliphatic carbocycles. The number of hydrogen-bond acceptors (Lipinski definition) is 1. The van der Waals surface area contributed by atoms with Crippen LogP contribution >= 0.6 is 0 Å². The van der Waals surface area contributed by atoms with Crippen LogP contribution in [0.2, 0.25) is 0 Å². The van der Waals surface area contributed by atoms with Gasteiger partial charge in [-0.25, -0.2) is 0 Å². The van der Waals surface area contributed by atoms with Crippen LogP contribution in [0.3, 0.4) is 0 Å². The third-order valence-electron chi connectivity index (χ3n) is 1.86. The lowest BCUT2D eigenvalue weighted by atomic mass is 10.2. The molecule has 96 valence electrons. The fraction of sp³-hybridized carbons (Fsp3) is 1.00. The van der Waals surface area contributed by atoms with Crippen LogP contribution in [0.1, 0.15) is 80.6 Å². The van der Waals surface area contributed by atoms with Crippen LogP contribution in [0, 0.1) is 0 Å². The molecule has 0 aromatic rings. The van der Waals surface area contributed by atoms with Crippen molar-refractivity contribution in [2.45, 2.75) is 86.7 Å². The van der Waals surface area contributed by atoms with E-state index >= 15 is 0 Å². The van der Waals surface area contributed by atoms with Gasteiger partial charge in [-0.15, -0.1) is 0 Å². The van der Waals surface area contributed by atoms with Gasteiger partial charge in [-0.05, 0) is 19.8 Å². The van der Waals surface area contributed by atoms with Gasteiger partial charge in [0.05, 0.1) is 6.10 Å². The predicted octanol–water partition coefficient (Wildman–Crippen LogP) is 5.43. The van der Waals surface area contributed by atoms with E-state index in [1.165, 1.54) is 32.1 Å². The van der Waals surface area contributed by atoms with Crippen molar-refractivity contribution >= 4 is 0 Å². The van der Waals surface area contributed by atoms with Gasteiger partial charge >= 0.3 is 0 Å². The first-order valence-corrected chi connectivity index (χ1v) is 6.92. The van der Waals surface area contributed by atoms with Gasteiger partial charge in [-0.3, -0.25) is 0 Å². The summed E-state index contributed by atoms with van der Waals surface area (Å²) in [7, 11) is 0. The maximum atomic E-state index is 5.58. The Kier molecular flexibility index (Phi) is 32.1. The molecule has 0 radical (unpaired) electrons. The SMILES string of the molecule is CC.CC.CCCCOC(C)CCCC. The quantitative estimate of drug-likeness (QED) is 0.517. The van der Waals surface area contributed by atoms with Crippen LogP contribution < -0.4 is 0 Å². The third-order valence-corrected chi connectivity index (χ3v) is 1.86. The second-order valence-electron chi connectivity index (χ2n) is 3.18. The maximum absolute atomic E-state index is 5.58. The van der Waals surface area contributed by atoms with Crippen molar-refractivity contribution in [1.29, 1.82) is 0 Å². The lowest BCUT2D eigenvalue weighted by Crippen LogP contribution is -2.08. The summed E-state index contributed by atoms with van der Waals surface area (Å²) in [5.74, 6) is 0. The Bertz CT molecular complexity index is 71.7. The summed E-state index contributed by atoms with van der Waals surface area (Å²) >= 11 is 0. The van der Waals surface area contributed by atoms with Gasteiger partial charge in [-0.2, -0.15) is 0 Å². The maximum Gasteiger partial charge on any atom is 0.0547 e. The summed E-state index contributed by atoms with van der Waals surface area (Å²) in [6.45, 7) is 15.5. The average molecular weight is 218 g/mol. The highest BCUT2D eigenvalue weighted by molar-refractivity contribution is 4.49. The summed E-state index contributed by atoms with van der Waals surface area (Å²) in [6, 6.07) is 0. The van der Waals surface area contributed by atoms with Gasteiger partial charge in [-0.1, -0.05) is 60.8 Å². The Morgan fingerprint density at radius 3 is 1.73 bits per heavy atom. The summed E-state index contributed by atoms with van der Waals surface area (Å²) < 4.78 is 5.58. The molecule has 0 spiro atoms. The number of unbranched alkanes of at least 4 members (excludes halogenated alkanes) is 2. The number of rotatable bonds is 7. The molecule has 0 saturated carbocycles. The summed E-state index contributed by atoms with van der Waals surface area (Å²) in [6.07, 6.45) is 6.72. The summed E-state index contributed by atoms with van der Waals surface area (Å²) in [5, 5.41) is 0. The van der Waals surface area contributed by atoms with Gasteiger partial charge in [0.1, 0.15) is 0 Å². The third kappa shape index (κ3) is 24.9. The van der Waals surface area contributed by atoms with Gasteiger partial charge < -0.3 is 4.74 Å². The molecule has 0 aromatic heterocycles. The molecule has 0 fully saturated rings. The highest BCUT2D eigenvalue weighted by Crippen LogP contribution is 2.04. The molecule has 0 bridgehead atoms. The van der Waals surface area contributed by atoms with Crippen molar-refractivity contribution in [2.24, 2.45) is 0 Å². The van der Waals surface area contributed by atoms with Gasteiger partial charge in [0.25, 0.3) is 0 Å². The van der Waals surface area contributed by atoms with E-state index < -0.39 is 0 Å². The van der Waals surface area contributed by atoms with E-state index in [1.807, 2.05) is 27.7 Å². The Balaban J connectivity index is -0.000000318. The Hall–Kier alpha value is -0.0400. The zero-order valence-corrected chi connectivity index (χ0v) is 12.2. The van der Waals surface area contributed by atoms with Crippen LogP contribution in [-0.2, 0) is 4.74 Å². The number of hydrogen-bond donors (Lipinski definition) is 0. The molecule has 1 unspecified atom stereocenters. The van der Waals surface area contributed by atoms with Crippen LogP contribution in [0.4, 0.5) is 0 Å². The van der Waals surface area contributed by atoms with Crippen molar-refractivity contribution in [3.8, 4) is 0 Å². The molecule has 0 aliphatic heterocycles. The van der Waals surface area contributed by atoms with Crippen LogP contribution in [0.25, 0.3) is 0 Å². The Labute approximate surface area is 98.6 Å². The highest BCUT2D eigenvalue weighted by Gasteiger charge is 1.99. The number of ether oxygens (including phenoxy) is 1. The van der Waals surface area contributed by atoms with Crippen molar-refractivity contribution in [3.63, 3.8) is 0 Å². The predicted molar refractivity (Wildman–Crippen MR) is 72.5 cm³/mol. The summed E-state index contributed by atoms with van der Waals surface area (Å²) in [4.78, 5) is 0. The van der Waals surface area contributed by atoms with Gasteiger partial charge in [0.2, 0.25) is 0 Å². The second-order valence-corrected chi connectivity index (χ2v) is 3.18. The van der Waals surface area contributed by atoms with E-state index in [2.05, 4.69) is 20.8 Å². The van der Waals surface area contributed by atoms with Crippen LogP contribution in [0.5, 0.6) is 0 Å². The molecule has 0 rings (SSSR count). The molecular formula is C14H34O. The smallest absolute Gasteiger partial charge is 0.0547 e. The van der Waals surface area contributed by atoms with E-state index in [4.69, 9.17) is 4.74 Å². The monoisotopic (exact) mass is 218 g/mol. The fourth-order valence-electron chi connectivity index (χ4n) is 1.00. The van der Waals surface area contributed by atoms with E-state index in [0.717, 1.165) is 6.61 Å². The average Bonchev–Trinajstić information content (AvgIpc) is 2.32. The minimum absolute atomic E-state index is 0.474. The molecule has 1 atom stereocenters. The van der Waals surface area contributed by atoms with Crippen LogP contribution in [0.15, 0.2) is 0 Å². The molecule has 0 amide bonds. The standard InChI is InChI=1S/C10H22O.2C2H6/c1-4-6-8-10(3)11-9-7-5-2;2*1-2/h10H,4-9H2,1-3H3;2*1-2H3. The van der Waals surface area contributed by atoms with E-state index in [1.54, 1.807) is 0 Å². The van der Waals surface area contributed by atoms with E-state index in [9.17, 15) is 0 Å². The van der Waals surface area contributed by atoms with Crippen LogP contribution in [-0.4, -0.2) is 12.7 Å². The molecule has 0 aromatic carbocycles. The molecule has 1 heteroatoms.